The van der Waals surface area contributed by atoms with Gasteiger partial charge >= 0.3 is 0 Å². The van der Waals surface area contributed by atoms with Gasteiger partial charge in [0.2, 0.25) is 0 Å². The van der Waals surface area contributed by atoms with E-state index in [9.17, 15) is 9.59 Å². The molecule has 2 aromatic carbocycles. The van der Waals surface area contributed by atoms with E-state index in [4.69, 9.17) is 9.15 Å². The lowest BCUT2D eigenvalue weighted by atomic mass is 9.87. The Balaban J connectivity index is 1.99. The fourth-order valence-corrected chi connectivity index (χ4v) is 2.67. The highest BCUT2D eigenvalue weighted by Gasteiger charge is 2.19. The summed E-state index contributed by atoms with van der Waals surface area (Å²) in [6.07, 6.45) is 0. The molecule has 0 unspecified atom stereocenters. The van der Waals surface area contributed by atoms with Gasteiger partial charge in [-0.15, -0.1) is 0 Å². The van der Waals surface area contributed by atoms with E-state index in [0.29, 0.717) is 22.4 Å². The number of carbonyl (C=O) groups excluding carboxylic acids is 1. The average Bonchev–Trinajstić information content (AvgIpc) is 2.60. The molecule has 0 aliphatic carbocycles. The Kier molecular flexibility index (Phi) is 4.55. The van der Waals surface area contributed by atoms with Crippen LogP contribution in [0.2, 0.25) is 0 Å². The molecule has 1 heterocycles. The fraction of sp³-hybridized carbons (Fsp3) is 0.238. The van der Waals surface area contributed by atoms with Crippen molar-refractivity contribution in [1.82, 2.24) is 0 Å². The van der Waals surface area contributed by atoms with Gasteiger partial charge in [-0.1, -0.05) is 39.0 Å². The average molecular weight is 351 g/mol. The highest BCUT2D eigenvalue weighted by atomic mass is 16.5. The maximum absolute atomic E-state index is 12.6. The van der Waals surface area contributed by atoms with Crippen LogP contribution < -0.4 is 15.5 Å². The number of hydrogen-bond donors (Lipinski definition) is 1. The molecular formula is C21H21NO4. The van der Waals surface area contributed by atoms with Gasteiger partial charge in [0.15, 0.2) is 11.2 Å². The van der Waals surface area contributed by atoms with Crippen molar-refractivity contribution in [3.05, 3.63) is 70.1 Å². The van der Waals surface area contributed by atoms with Gasteiger partial charge < -0.3 is 14.5 Å². The summed E-state index contributed by atoms with van der Waals surface area (Å²) in [6, 6.07) is 13.7. The summed E-state index contributed by atoms with van der Waals surface area (Å²) in [6.45, 7) is 6.26. The quantitative estimate of drug-likeness (QED) is 0.762. The first-order chi connectivity index (χ1) is 12.3. The van der Waals surface area contributed by atoms with E-state index in [1.807, 2.05) is 18.2 Å². The summed E-state index contributed by atoms with van der Waals surface area (Å²) in [5.74, 6) is -0.0105. The highest BCUT2D eigenvalue weighted by molar-refractivity contribution is 6.03. The van der Waals surface area contributed by atoms with E-state index in [-0.39, 0.29) is 16.6 Å². The molecule has 0 aliphatic rings. The van der Waals surface area contributed by atoms with Crippen LogP contribution in [0.3, 0.4) is 0 Å². The monoisotopic (exact) mass is 351 g/mol. The first kappa shape index (κ1) is 17.7. The first-order valence-corrected chi connectivity index (χ1v) is 8.32. The molecule has 3 aromatic rings. The molecule has 1 amide bonds. The Labute approximate surface area is 151 Å². The van der Waals surface area contributed by atoms with Crippen LogP contribution >= 0.6 is 0 Å². The zero-order valence-corrected chi connectivity index (χ0v) is 15.3. The number of nitrogens with one attached hydrogen (secondary N) is 1. The van der Waals surface area contributed by atoms with Gasteiger partial charge in [-0.2, -0.15) is 0 Å². The molecule has 0 bridgehead atoms. The minimum atomic E-state index is -0.503. The first-order valence-electron chi connectivity index (χ1n) is 8.32. The van der Waals surface area contributed by atoms with E-state index in [1.54, 1.807) is 24.3 Å². The van der Waals surface area contributed by atoms with Crippen molar-refractivity contribution in [3.8, 4) is 5.75 Å². The Hall–Kier alpha value is -3.08. The number of hydrogen-bond acceptors (Lipinski definition) is 4. The Morgan fingerprint density at radius 3 is 2.50 bits per heavy atom. The molecule has 0 spiro atoms. The molecule has 5 heteroatoms. The minimum Gasteiger partial charge on any atom is -0.495 e. The molecule has 0 atom stereocenters. The number of fused-ring (bicyclic) bond motifs is 1. The molecular weight excluding hydrogens is 330 g/mol. The summed E-state index contributed by atoms with van der Waals surface area (Å²) in [5.41, 5.74) is 1.61. The van der Waals surface area contributed by atoms with Crippen molar-refractivity contribution in [2.75, 3.05) is 12.4 Å². The van der Waals surface area contributed by atoms with Crippen LogP contribution in [-0.4, -0.2) is 13.0 Å². The van der Waals surface area contributed by atoms with Crippen LogP contribution in [-0.2, 0) is 5.41 Å². The van der Waals surface area contributed by atoms with Crippen LogP contribution in [0.5, 0.6) is 5.75 Å². The lowest BCUT2D eigenvalue weighted by Crippen LogP contribution is -2.17. The number of ether oxygens (including phenoxy) is 1. The fourth-order valence-electron chi connectivity index (χ4n) is 2.67. The molecule has 134 valence electrons. The van der Waals surface area contributed by atoms with Gasteiger partial charge in [0.25, 0.3) is 5.91 Å². The summed E-state index contributed by atoms with van der Waals surface area (Å²) < 4.78 is 10.9. The standard InChI is InChI=1S/C21H21NO4/c1-21(2,3)13-9-10-18(25-4)15(11-13)22-20(24)19-12-16(23)14-7-5-6-8-17(14)26-19/h5-12H,1-4H3,(H,22,24). The SMILES string of the molecule is COc1ccc(C(C)(C)C)cc1NC(=O)c1cc(=O)c2ccccc2o1. The van der Waals surface area contributed by atoms with Crippen molar-refractivity contribution >= 4 is 22.6 Å². The second-order valence-electron chi connectivity index (χ2n) is 7.09. The Morgan fingerprint density at radius 1 is 1.08 bits per heavy atom. The molecule has 0 fully saturated rings. The Morgan fingerprint density at radius 2 is 1.81 bits per heavy atom. The van der Waals surface area contributed by atoms with E-state index >= 15 is 0 Å². The molecule has 26 heavy (non-hydrogen) atoms. The number of anilines is 1. The zero-order chi connectivity index (χ0) is 18.9. The molecule has 1 N–H and O–H groups in total. The van der Waals surface area contributed by atoms with Crippen molar-refractivity contribution in [2.24, 2.45) is 0 Å². The summed E-state index contributed by atoms with van der Waals surface area (Å²) in [5, 5.41) is 3.23. The van der Waals surface area contributed by atoms with Gasteiger partial charge in [0, 0.05) is 6.07 Å². The molecule has 0 radical (unpaired) electrons. The third-order valence-corrected chi connectivity index (χ3v) is 4.17. The van der Waals surface area contributed by atoms with Crippen molar-refractivity contribution in [2.45, 2.75) is 26.2 Å². The third kappa shape index (κ3) is 3.47. The van der Waals surface area contributed by atoms with Gasteiger partial charge in [-0.05, 0) is 35.2 Å². The number of para-hydroxylation sites is 1. The summed E-state index contributed by atoms with van der Waals surface area (Å²) in [7, 11) is 1.54. The molecule has 3 rings (SSSR count). The summed E-state index contributed by atoms with van der Waals surface area (Å²) in [4.78, 5) is 24.8. The minimum absolute atomic E-state index is 0.0445. The Bertz CT molecular complexity index is 1030. The molecule has 1 aromatic heterocycles. The third-order valence-electron chi connectivity index (χ3n) is 4.17. The second-order valence-corrected chi connectivity index (χ2v) is 7.09. The van der Waals surface area contributed by atoms with E-state index in [1.165, 1.54) is 13.2 Å². The number of amides is 1. The molecule has 0 saturated heterocycles. The van der Waals surface area contributed by atoms with Gasteiger partial charge in [-0.3, -0.25) is 9.59 Å². The highest BCUT2D eigenvalue weighted by Crippen LogP contribution is 2.31. The van der Waals surface area contributed by atoms with Crippen LogP contribution in [0.25, 0.3) is 11.0 Å². The van der Waals surface area contributed by atoms with E-state index < -0.39 is 5.91 Å². The van der Waals surface area contributed by atoms with Crippen LogP contribution in [0.1, 0.15) is 36.9 Å². The maximum Gasteiger partial charge on any atom is 0.291 e. The topological polar surface area (TPSA) is 68.5 Å². The second kappa shape index (κ2) is 6.67. The van der Waals surface area contributed by atoms with E-state index in [2.05, 4.69) is 26.1 Å². The number of rotatable bonds is 3. The molecule has 0 saturated carbocycles. The number of methoxy groups -OCH3 is 1. The number of carbonyl (C=O) groups is 1. The van der Waals surface area contributed by atoms with Crippen LogP contribution in [0.15, 0.2) is 57.7 Å². The lowest BCUT2D eigenvalue weighted by molar-refractivity contribution is 0.0997. The number of benzene rings is 2. The van der Waals surface area contributed by atoms with Crippen molar-refractivity contribution in [3.63, 3.8) is 0 Å². The van der Waals surface area contributed by atoms with Gasteiger partial charge in [0.1, 0.15) is 11.3 Å². The van der Waals surface area contributed by atoms with E-state index in [0.717, 1.165) is 5.56 Å². The molecule has 0 aliphatic heterocycles. The van der Waals surface area contributed by atoms with Gasteiger partial charge in [-0.25, -0.2) is 0 Å². The smallest absolute Gasteiger partial charge is 0.291 e. The summed E-state index contributed by atoms with van der Waals surface area (Å²) >= 11 is 0. The zero-order valence-electron chi connectivity index (χ0n) is 15.3. The lowest BCUT2D eigenvalue weighted by Gasteiger charge is -2.21. The predicted molar refractivity (Wildman–Crippen MR) is 102 cm³/mol. The van der Waals surface area contributed by atoms with Crippen LogP contribution in [0, 0.1) is 0 Å². The van der Waals surface area contributed by atoms with Crippen LogP contribution in [0.4, 0.5) is 5.69 Å². The maximum atomic E-state index is 12.6. The largest absolute Gasteiger partial charge is 0.495 e. The normalized spacial score (nSPS) is 11.4. The molecule has 5 nitrogen and oxygen atoms in total. The predicted octanol–water partition coefficient (Wildman–Crippen LogP) is 4.35. The van der Waals surface area contributed by atoms with Crippen molar-refractivity contribution < 1.29 is 13.9 Å². The van der Waals surface area contributed by atoms with Crippen molar-refractivity contribution in [1.29, 1.82) is 0 Å². The van der Waals surface area contributed by atoms with Gasteiger partial charge in [0.05, 0.1) is 18.2 Å².